The van der Waals surface area contributed by atoms with Crippen molar-refractivity contribution in [2.75, 3.05) is 29.8 Å². The van der Waals surface area contributed by atoms with E-state index in [1.165, 1.54) is 5.56 Å². The molecule has 0 aromatic heterocycles. The van der Waals surface area contributed by atoms with Crippen molar-refractivity contribution in [1.82, 2.24) is 4.67 Å². The Morgan fingerprint density at radius 2 is 1.65 bits per heavy atom. The highest BCUT2D eigenvalue weighted by atomic mass is 79.9. The van der Waals surface area contributed by atoms with Crippen molar-refractivity contribution >= 4 is 56.9 Å². The van der Waals surface area contributed by atoms with E-state index in [4.69, 9.17) is 5.10 Å². The van der Waals surface area contributed by atoms with Gasteiger partial charge < -0.3 is 4.90 Å². The molecule has 0 fully saturated rings. The summed E-state index contributed by atoms with van der Waals surface area (Å²) in [5.41, 5.74) is 3.90. The third kappa shape index (κ3) is 3.45. The molecule has 4 rings (SSSR count). The Bertz CT molecular complexity index is 1120. The van der Waals surface area contributed by atoms with Gasteiger partial charge in [0, 0.05) is 45.9 Å². The lowest BCUT2D eigenvalue weighted by molar-refractivity contribution is 0.446. The lowest BCUT2D eigenvalue weighted by Gasteiger charge is -2.36. The number of anilines is 2. The molecule has 0 bridgehead atoms. The molecule has 2 aromatic carbocycles. The number of allylic oxidation sites excluding steroid dienone is 2. The first kappa shape index (κ1) is 22.8. The van der Waals surface area contributed by atoms with E-state index in [0.29, 0.717) is 13.1 Å². The smallest absolute Gasteiger partial charge is 0.292 e. The molecule has 0 saturated carbocycles. The van der Waals surface area contributed by atoms with Crippen molar-refractivity contribution in [3.63, 3.8) is 0 Å². The first-order valence-electron chi connectivity index (χ1n) is 10.4. The van der Waals surface area contributed by atoms with Crippen molar-refractivity contribution in [2.45, 2.75) is 33.1 Å². The molecular formula is C23H27Br2N4OP. The largest absolute Gasteiger partial charge is 0.346 e. The van der Waals surface area contributed by atoms with Gasteiger partial charge >= 0.3 is 0 Å². The zero-order valence-corrected chi connectivity index (χ0v) is 22.5. The van der Waals surface area contributed by atoms with E-state index in [0.717, 1.165) is 31.3 Å². The number of rotatable bonds is 4. The molecule has 0 N–H and O–H groups in total. The maximum Gasteiger partial charge on any atom is 0.292 e. The van der Waals surface area contributed by atoms with E-state index in [-0.39, 0.29) is 5.41 Å². The van der Waals surface area contributed by atoms with Crippen molar-refractivity contribution < 1.29 is 4.57 Å². The molecule has 5 nitrogen and oxygen atoms in total. The Morgan fingerprint density at radius 1 is 1.03 bits per heavy atom. The molecule has 2 aliphatic rings. The highest BCUT2D eigenvalue weighted by Gasteiger charge is 2.50. The summed E-state index contributed by atoms with van der Waals surface area (Å²) < 4.78 is 20.8. The van der Waals surface area contributed by atoms with Crippen LogP contribution >= 0.6 is 39.3 Å². The number of benzene rings is 2. The Labute approximate surface area is 201 Å². The molecule has 0 amide bonds. The fourth-order valence-corrected chi connectivity index (χ4v) is 8.38. The zero-order chi connectivity index (χ0) is 22.6. The SMILES string of the molecule is CCN(CC)[P@@]1(=O)/C(=C2\N(C)c3ccc(Br)cc3C2(C)C)C=NN1c1ccc(Br)cc1. The van der Waals surface area contributed by atoms with Gasteiger partial charge in [0.05, 0.1) is 17.2 Å². The van der Waals surface area contributed by atoms with Gasteiger partial charge in [-0.15, -0.1) is 0 Å². The summed E-state index contributed by atoms with van der Waals surface area (Å²) in [4.78, 5) is 2.18. The van der Waals surface area contributed by atoms with Gasteiger partial charge in [-0.2, -0.15) is 9.88 Å². The maximum absolute atomic E-state index is 15.0. The molecule has 2 aliphatic heterocycles. The van der Waals surface area contributed by atoms with Crippen LogP contribution in [0.4, 0.5) is 11.4 Å². The molecule has 0 radical (unpaired) electrons. The summed E-state index contributed by atoms with van der Waals surface area (Å²) in [5, 5.41) is 5.51. The van der Waals surface area contributed by atoms with E-state index >= 15 is 0 Å². The van der Waals surface area contributed by atoms with Gasteiger partial charge in [0.25, 0.3) is 7.44 Å². The Kier molecular flexibility index (Phi) is 6.01. The van der Waals surface area contributed by atoms with E-state index in [2.05, 4.69) is 89.7 Å². The van der Waals surface area contributed by atoms with Gasteiger partial charge in [0.15, 0.2) is 0 Å². The van der Waals surface area contributed by atoms with Gasteiger partial charge in [-0.25, -0.2) is 4.67 Å². The average Bonchev–Trinajstić information content (AvgIpc) is 3.15. The molecule has 0 spiro atoms. The number of likely N-dealkylation sites (N-methyl/N-ethyl adjacent to an activating group) is 1. The van der Waals surface area contributed by atoms with Crippen LogP contribution in [-0.4, -0.2) is 31.0 Å². The number of hydrogen-bond acceptors (Lipinski definition) is 3. The van der Waals surface area contributed by atoms with E-state index < -0.39 is 7.44 Å². The zero-order valence-electron chi connectivity index (χ0n) is 18.4. The van der Waals surface area contributed by atoms with Gasteiger partial charge in [-0.1, -0.05) is 59.6 Å². The van der Waals surface area contributed by atoms with Crippen molar-refractivity contribution in [2.24, 2.45) is 5.10 Å². The van der Waals surface area contributed by atoms with Gasteiger partial charge in [-0.3, -0.25) is 4.57 Å². The molecule has 31 heavy (non-hydrogen) atoms. The highest BCUT2D eigenvalue weighted by Crippen LogP contribution is 2.67. The molecule has 0 saturated heterocycles. The third-order valence-corrected chi connectivity index (χ3v) is 10.4. The monoisotopic (exact) mass is 564 g/mol. The molecule has 164 valence electrons. The fourth-order valence-electron chi connectivity index (χ4n) is 4.69. The molecule has 0 unspecified atom stereocenters. The number of nitrogens with zero attached hydrogens (tertiary/aromatic N) is 4. The number of hydrazone groups is 1. The second kappa shape index (κ2) is 8.18. The first-order valence-corrected chi connectivity index (χ1v) is 13.6. The number of halogens is 2. The summed E-state index contributed by atoms with van der Waals surface area (Å²) >= 11 is 7.11. The average molecular weight is 566 g/mol. The predicted molar refractivity (Wildman–Crippen MR) is 138 cm³/mol. The third-order valence-electron chi connectivity index (χ3n) is 6.19. The lowest BCUT2D eigenvalue weighted by atomic mass is 9.84. The van der Waals surface area contributed by atoms with Crippen molar-refractivity contribution in [3.05, 3.63) is 68.0 Å². The van der Waals surface area contributed by atoms with Crippen molar-refractivity contribution in [3.8, 4) is 0 Å². The Balaban J connectivity index is 1.95. The Hall–Kier alpha value is -1.40. The van der Waals surface area contributed by atoms with Crippen LogP contribution < -0.4 is 9.68 Å². The molecular weight excluding hydrogens is 539 g/mol. The maximum atomic E-state index is 15.0. The molecule has 1 atom stereocenters. The minimum Gasteiger partial charge on any atom is -0.346 e. The summed E-state index contributed by atoms with van der Waals surface area (Å²) in [5.74, 6) is 0. The standard InChI is InChI=1S/C23H27Br2N4OP/c1-6-28(7-2)31(30)21(15-26-29(31)18-11-8-16(24)9-12-18)22-23(3,4)19-14-17(25)10-13-20(19)27(22)5/h8-15H,6-7H2,1-5H3/b22-21-/t31-/m0/s1. The topological polar surface area (TPSA) is 39.2 Å². The molecule has 0 aliphatic carbocycles. The van der Waals surface area contributed by atoms with Crippen LogP contribution in [0.1, 0.15) is 33.3 Å². The molecule has 8 heteroatoms. The van der Waals surface area contributed by atoms with Gasteiger partial charge in [0.2, 0.25) is 0 Å². The quantitative estimate of drug-likeness (QED) is 0.368. The summed E-state index contributed by atoms with van der Waals surface area (Å²) in [7, 11) is -1.13. The molecule has 2 heterocycles. The van der Waals surface area contributed by atoms with Gasteiger partial charge in [-0.05, 0) is 48.0 Å². The van der Waals surface area contributed by atoms with Crippen LogP contribution in [-0.2, 0) is 9.98 Å². The summed E-state index contributed by atoms with van der Waals surface area (Å²) in [6.45, 7) is 9.85. The van der Waals surface area contributed by atoms with Crippen LogP contribution in [0.2, 0.25) is 0 Å². The van der Waals surface area contributed by atoms with Crippen LogP contribution in [0.25, 0.3) is 0 Å². The van der Waals surface area contributed by atoms with Crippen LogP contribution in [0.3, 0.4) is 0 Å². The van der Waals surface area contributed by atoms with Crippen molar-refractivity contribution in [1.29, 1.82) is 0 Å². The van der Waals surface area contributed by atoms with E-state index in [9.17, 15) is 4.57 Å². The fraction of sp³-hybridized carbons (Fsp3) is 0.348. The first-order chi connectivity index (χ1) is 14.7. The Morgan fingerprint density at radius 3 is 2.26 bits per heavy atom. The summed E-state index contributed by atoms with van der Waals surface area (Å²) in [6.07, 6.45) is 1.82. The van der Waals surface area contributed by atoms with Crippen LogP contribution in [0, 0.1) is 0 Å². The minimum atomic E-state index is -3.19. The highest BCUT2D eigenvalue weighted by molar-refractivity contribution is 9.10. The van der Waals surface area contributed by atoms with Gasteiger partial charge in [0.1, 0.15) is 0 Å². The summed E-state index contributed by atoms with van der Waals surface area (Å²) in [6, 6.07) is 14.2. The molecule has 2 aromatic rings. The number of hydrogen-bond donors (Lipinski definition) is 0. The minimum absolute atomic E-state index is 0.312. The normalized spacial score (nSPS) is 24.4. The van der Waals surface area contributed by atoms with Crippen LogP contribution in [0.15, 0.2) is 67.5 Å². The second-order valence-corrected chi connectivity index (χ2v) is 12.6. The van der Waals surface area contributed by atoms with Crippen LogP contribution in [0.5, 0.6) is 0 Å². The predicted octanol–water partition coefficient (Wildman–Crippen LogP) is 7.19. The second-order valence-electron chi connectivity index (χ2n) is 8.27. The van der Waals surface area contributed by atoms with E-state index in [1.807, 2.05) is 35.2 Å². The number of fused-ring (bicyclic) bond motifs is 1. The van der Waals surface area contributed by atoms with E-state index in [1.54, 1.807) is 4.78 Å². The lowest BCUT2D eigenvalue weighted by Crippen LogP contribution is -2.31.